The summed E-state index contributed by atoms with van der Waals surface area (Å²) in [6, 6.07) is 9.01. The van der Waals surface area contributed by atoms with Crippen molar-refractivity contribution < 1.29 is 4.79 Å². The summed E-state index contributed by atoms with van der Waals surface area (Å²) in [7, 11) is 0. The molecule has 0 saturated heterocycles. The number of nitrogens with one attached hydrogen (secondary N) is 1. The summed E-state index contributed by atoms with van der Waals surface area (Å²) in [5.74, 6) is -0.287. The summed E-state index contributed by atoms with van der Waals surface area (Å²) >= 11 is 2.16. The van der Waals surface area contributed by atoms with Crippen LogP contribution < -0.4 is 5.32 Å². The van der Waals surface area contributed by atoms with Gasteiger partial charge in [0.25, 0.3) is 5.91 Å². The smallest absolute Gasteiger partial charge is 0.252 e. The lowest BCUT2D eigenvalue weighted by Crippen LogP contribution is -2.42. The topological polar surface area (TPSA) is 52.9 Å². The minimum Gasteiger partial charge on any atom is -0.334 e. The molecule has 0 bridgehead atoms. The molecular formula is C11H10IN2O. The third-order valence-corrected chi connectivity index (χ3v) is 2.46. The van der Waals surface area contributed by atoms with E-state index in [0.29, 0.717) is 5.56 Å². The molecule has 0 aliphatic rings. The highest BCUT2D eigenvalue weighted by Gasteiger charge is 2.20. The molecule has 77 valence electrons. The van der Waals surface area contributed by atoms with Crippen LogP contribution in [0.4, 0.5) is 0 Å². The lowest BCUT2D eigenvalue weighted by atomic mass is 10.1. The SMILES string of the molecule is [CH2]C(C)(C#N)NC(=O)c1ccc(I)cc1. The molecule has 0 heterocycles. The van der Waals surface area contributed by atoms with Crippen molar-refractivity contribution in [3.05, 3.63) is 40.3 Å². The standard InChI is InChI=1S/C11H10IN2O/c1-11(2,7-13)14-10(15)8-3-5-9(12)6-4-8/h3-6H,1H2,2H3,(H,14,15). The minimum absolute atomic E-state index is 0.287. The van der Waals surface area contributed by atoms with Gasteiger partial charge in [-0.1, -0.05) is 0 Å². The second-order valence-electron chi connectivity index (χ2n) is 3.40. The van der Waals surface area contributed by atoms with E-state index in [2.05, 4.69) is 34.8 Å². The number of hydrogen-bond acceptors (Lipinski definition) is 2. The molecular weight excluding hydrogens is 303 g/mol. The van der Waals surface area contributed by atoms with Crippen molar-refractivity contribution in [3.8, 4) is 6.07 Å². The van der Waals surface area contributed by atoms with Crippen molar-refractivity contribution >= 4 is 28.5 Å². The first-order chi connectivity index (χ1) is 6.94. The highest BCUT2D eigenvalue weighted by atomic mass is 127. The van der Waals surface area contributed by atoms with Crippen LogP contribution in [0, 0.1) is 21.8 Å². The maximum absolute atomic E-state index is 11.6. The summed E-state index contributed by atoms with van der Waals surface area (Å²) in [5.41, 5.74) is -0.555. The molecule has 1 rings (SSSR count). The molecule has 1 unspecified atom stereocenters. The predicted molar refractivity (Wildman–Crippen MR) is 66.0 cm³/mol. The molecule has 4 heteroatoms. The average molecular weight is 313 g/mol. The lowest BCUT2D eigenvalue weighted by Gasteiger charge is -2.17. The Morgan fingerprint density at radius 3 is 2.53 bits per heavy atom. The number of nitriles is 1. The van der Waals surface area contributed by atoms with Gasteiger partial charge in [-0.15, -0.1) is 0 Å². The van der Waals surface area contributed by atoms with Crippen LogP contribution in [0.25, 0.3) is 0 Å². The molecule has 0 aliphatic carbocycles. The van der Waals surface area contributed by atoms with Crippen molar-refractivity contribution in [2.45, 2.75) is 12.5 Å². The van der Waals surface area contributed by atoms with Crippen molar-refractivity contribution in [1.82, 2.24) is 5.32 Å². The summed E-state index contributed by atoms with van der Waals surface area (Å²) in [6.07, 6.45) is 0. The van der Waals surface area contributed by atoms with E-state index in [9.17, 15) is 4.79 Å². The Balaban J connectivity index is 2.79. The number of nitrogens with zero attached hydrogens (tertiary/aromatic N) is 1. The van der Waals surface area contributed by atoms with E-state index in [-0.39, 0.29) is 5.91 Å². The zero-order chi connectivity index (χ0) is 11.5. The number of rotatable bonds is 2. The fourth-order valence-corrected chi connectivity index (χ4v) is 1.31. The first-order valence-corrected chi connectivity index (χ1v) is 5.37. The van der Waals surface area contributed by atoms with Gasteiger partial charge in [0.2, 0.25) is 0 Å². The van der Waals surface area contributed by atoms with Gasteiger partial charge in [0.05, 0.1) is 6.07 Å². The number of hydrogen-bond donors (Lipinski definition) is 1. The van der Waals surface area contributed by atoms with Gasteiger partial charge < -0.3 is 5.32 Å². The fourth-order valence-electron chi connectivity index (χ4n) is 0.952. The average Bonchev–Trinajstić information content (AvgIpc) is 2.18. The number of halogens is 1. The van der Waals surface area contributed by atoms with Crippen LogP contribution in [0.5, 0.6) is 0 Å². The molecule has 1 aromatic rings. The Morgan fingerprint density at radius 2 is 2.07 bits per heavy atom. The summed E-state index contributed by atoms with van der Waals surface area (Å²) in [6.45, 7) is 5.13. The minimum atomic E-state index is -1.08. The molecule has 1 amide bonds. The Labute approximate surface area is 103 Å². The van der Waals surface area contributed by atoms with Crippen molar-refractivity contribution in [1.29, 1.82) is 5.26 Å². The van der Waals surface area contributed by atoms with E-state index in [1.54, 1.807) is 19.1 Å². The van der Waals surface area contributed by atoms with Gasteiger partial charge in [0, 0.05) is 9.13 Å². The van der Waals surface area contributed by atoms with Gasteiger partial charge in [-0.3, -0.25) is 4.79 Å². The quantitative estimate of drug-likeness (QED) is 0.851. The number of benzene rings is 1. The fraction of sp³-hybridized carbons (Fsp3) is 0.182. The third-order valence-electron chi connectivity index (χ3n) is 1.74. The second kappa shape index (κ2) is 4.62. The van der Waals surface area contributed by atoms with Crippen molar-refractivity contribution in [3.63, 3.8) is 0 Å². The predicted octanol–water partition coefficient (Wildman–Crippen LogP) is 2.14. The van der Waals surface area contributed by atoms with Gasteiger partial charge >= 0.3 is 0 Å². The Bertz CT molecular complexity index is 404. The number of amides is 1. The Hall–Kier alpha value is -1.09. The molecule has 1 radical (unpaired) electrons. The molecule has 0 aromatic heterocycles. The molecule has 0 spiro atoms. The summed E-state index contributed by atoms with van der Waals surface area (Å²) in [4.78, 5) is 11.6. The normalized spacial score (nSPS) is 10.5. The van der Waals surface area contributed by atoms with Crippen LogP contribution in [-0.4, -0.2) is 11.4 Å². The molecule has 0 fully saturated rings. The number of carbonyl (C=O) groups excluding carboxylic acids is 1. The summed E-state index contributed by atoms with van der Waals surface area (Å²) < 4.78 is 1.06. The molecule has 1 aromatic carbocycles. The van der Waals surface area contributed by atoms with E-state index < -0.39 is 5.54 Å². The first kappa shape index (κ1) is 12.0. The van der Waals surface area contributed by atoms with Crippen LogP contribution in [0.2, 0.25) is 0 Å². The van der Waals surface area contributed by atoms with E-state index >= 15 is 0 Å². The van der Waals surface area contributed by atoms with E-state index in [0.717, 1.165) is 3.57 Å². The monoisotopic (exact) mass is 313 g/mol. The van der Waals surface area contributed by atoms with Gasteiger partial charge in [0.1, 0.15) is 5.54 Å². The Morgan fingerprint density at radius 1 is 1.53 bits per heavy atom. The van der Waals surface area contributed by atoms with Gasteiger partial charge in [-0.2, -0.15) is 5.26 Å². The van der Waals surface area contributed by atoms with E-state index in [1.807, 2.05) is 18.2 Å². The van der Waals surface area contributed by atoms with Gasteiger partial charge in [-0.25, -0.2) is 0 Å². The van der Waals surface area contributed by atoms with Crippen LogP contribution in [0.3, 0.4) is 0 Å². The van der Waals surface area contributed by atoms with Gasteiger partial charge in [-0.05, 0) is 60.7 Å². The van der Waals surface area contributed by atoms with E-state index in [4.69, 9.17) is 5.26 Å². The van der Waals surface area contributed by atoms with Crippen LogP contribution in [-0.2, 0) is 0 Å². The number of carbonyl (C=O) groups is 1. The molecule has 1 atom stereocenters. The maximum atomic E-state index is 11.6. The maximum Gasteiger partial charge on any atom is 0.252 e. The van der Waals surface area contributed by atoms with Crippen molar-refractivity contribution in [2.75, 3.05) is 0 Å². The van der Waals surface area contributed by atoms with Crippen LogP contribution in [0.1, 0.15) is 17.3 Å². The zero-order valence-corrected chi connectivity index (χ0v) is 10.4. The lowest BCUT2D eigenvalue weighted by molar-refractivity contribution is 0.0935. The van der Waals surface area contributed by atoms with Crippen LogP contribution in [0.15, 0.2) is 24.3 Å². The van der Waals surface area contributed by atoms with Crippen LogP contribution >= 0.6 is 22.6 Å². The first-order valence-electron chi connectivity index (χ1n) is 4.29. The highest BCUT2D eigenvalue weighted by molar-refractivity contribution is 14.1. The molecule has 1 N–H and O–H groups in total. The molecule has 15 heavy (non-hydrogen) atoms. The summed E-state index contributed by atoms with van der Waals surface area (Å²) in [5, 5.41) is 11.2. The second-order valence-corrected chi connectivity index (χ2v) is 4.65. The van der Waals surface area contributed by atoms with E-state index in [1.165, 1.54) is 0 Å². The zero-order valence-electron chi connectivity index (χ0n) is 8.25. The van der Waals surface area contributed by atoms with Gasteiger partial charge in [0.15, 0.2) is 0 Å². The molecule has 3 nitrogen and oxygen atoms in total. The van der Waals surface area contributed by atoms with Crippen molar-refractivity contribution in [2.24, 2.45) is 0 Å². The highest BCUT2D eigenvalue weighted by Crippen LogP contribution is 2.08. The third kappa shape index (κ3) is 3.51. The molecule has 0 aliphatic heterocycles. The largest absolute Gasteiger partial charge is 0.334 e. The molecule has 0 saturated carbocycles. The Kier molecular flexibility index (Phi) is 3.69.